The Hall–Kier alpha value is -1.35. The van der Waals surface area contributed by atoms with Gasteiger partial charge in [0.2, 0.25) is 0 Å². The fraction of sp³-hybridized carbons (Fsp3) is 0.500. The van der Waals surface area contributed by atoms with Gasteiger partial charge in [-0.2, -0.15) is 0 Å². The predicted molar refractivity (Wildman–Crippen MR) is 69.2 cm³/mol. The van der Waals surface area contributed by atoms with E-state index in [4.69, 9.17) is 0 Å². The molecule has 1 N–H and O–H groups in total. The number of benzene rings is 1. The first-order valence-corrected chi connectivity index (χ1v) is 6.33. The van der Waals surface area contributed by atoms with Crippen LogP contribution in [-0.2, 0) is 6.42 Å². The first kappa shape index (κ1) is 12.1. The Labute approximate surface area is 103 Å². The lowest BCUT2D eigenvalue weighted by molar-refractivity contribution is 0.0708. The summed E-state index contributed by atoms with van der Waals surface area (Å²) in [4.78, 5) is 14.4. The van der Waals surface area contributed by atoms with Gasteiger partial charge in [-0.25, -0.2) is 0 Å². The highest BCUT2D eigenvalue weighted by atomic mass is 16.2. The molecule has 0 aliphatic carbocycles. The molecule has 92 valence electrons. The van der Waals surface area contributed by atoms with Crippen LogP contribution in [0.1, 0.15) is 29.8 Å². The molecule has 17 heavy (non-hydrogen) atoms. The summed E-state index contributed by atoms with van der Waals surface area (Å²) in [5.41, 5.74) is 2.01. The highest BCUT2D eigenvalue weighted by Crippen LogP contribution is 2.13. The van der Waals surface area contributed by atoms with E-state index in [2.05, 4.69) is 19.2 Å². The van der Waals surface area contributed by atoms with Crippen LogP contribution in [0.4, 0.5) is 0 Å². The fourth-order valence-electron chi connectivity index (χ4n) is 2.32. The lowest BCUT2D eigenvalue weighted by atomic mass is 10.0. The number of hydrogen-bond acceptors (Lipinski definition) is 2. The third-order valence-electron chi connectivity index (χ3n) is 3.28. The predicted octanol–water partition coefficient (Wildman–Crippen LogP) is 1.68. The summed E-state index contributed by atoms with van der Waals surface area (Å²) < 4.78 is 0. The maximum Gasteiger partial charge on any atom is 0.254 e. The zero-order valence-corrected chi connectivity index (χ0v) is 10.6. The molecule has 3 heteroatoms. The molecule has 1 unspecified atom stereocenters. The van der Waals surface area contributed by atoms with E-state index in [0.717, 1.165) is 37.2 Å². The summed E-state index contributed by atoms with van der Waals surface area (Å²) >= 11 is 0. The number of nitrogens with one attached hydrogen (secondary N) is 1. The molecule has 0 aromatic heterocycles. The molecule has 1 aromatic carbocycles. The van der Waals surface area contributed by atoms with Gasteiger partial charge in [-0.05, 0) is 25.0 Å². The lowest BCUT2D eigenvalue weighted by Crippen LogP contribution is -2.51. The SMILES string of the molecule is CCc1ccccc1C(=O)N1CCNC(C)C1. The van der Waals surface area contributed by atoms with Crippen LogP contribution in [0.25, 0.3) is 0 Å². The number of nitrogens with zero attached hydrogens (tertiary/aromatic N) is 1. The molecule has 0 spiro atoms. The number of carbonyl (C=O) groups is 1. The average Bonchev–Trinajstić information content (AvgIpc) is 2.38. The standard InChI is InChI=1S/C14H20N2O/c1-3-12-6-4-5-7-13(12)14(17)16-9-8-15-11(2)10-16/h4-7,11,15H,3,8-10H2,1-2H3. The van der Waals surface area contributed by atoms with Crippen molar-refractivity contribution in [3.05, 3.63) is 35.4 Å². The second-order valence-corrected chi connectivity index (χ2v) is 4.62. The Balaban J connectivity index is 2.18. The third kappa shape index (κ3) is 2.67. The minimum atomic E-state index is 0.177. The second-order valence-electron chi connectivity index (χ2n) is 4.62. The van der Waals surface area contributed by atoms with Crippen molar-refractivity contribution in [2.45, 2.75) is 26.3 Å². The van der Waals surface area contributed by atoms with E-state index < -0.39 is 0 Å². The van der Waals surface area contributed by atoms with Gasteiger partial charge in [-0.1, -0.05) is 25.1 Å². The van der Waals surface area contributed by atoms with Gasteiger partial charge in [0, 0.05) is 31.2 Å². The summed E-state index contributed by atoms with van der Waals surface area (Å²) in [6, 6.07) is 8.31. The van der Waals surface area contributed by atoms with Gasteiger partial charge in [0.05, 0.1) is 0 Å². The van der Waals surface area contributed by atoms with Gasteiger partial charge in [0.15, 0.2) is 0 Å². The van der Waals surface area contributed by atoms with Crippen molar-refractivity contribution in [3.63, 3.8) is 0 Å². The Morgan fingerprint density at radius 3 is 2.94 bits per heavy atom. The molecule has 1 aromatic rings. The topological polar surface area (TPSA) is 32.3 Å². The summed E-state index contributed by atoms with van der Waals surface area (Å²) in [6.07, 6.45) is 0.906. The van der Waals surface area contributed by atoms with E-state index in [9.17, 15) is 4.79 Å². The summed E-state index contributed by atoms with van der Waals surface area (Å²) in [5, 5.41) is 3.35. The molecule has 1 saturated heterocycles. The van der Waals surface area contributed by atoms with Crippen LogP contribution >= 0.6 is 0 Å². The number of amides is 1. The van der Waals surface area contributed by atoms with Gasteiger partial charge >= 0.3 is 0 Å². The smallest absolute Gasteiger partial charge is 0.254 e. The molecule has 1 heterocycles. The molecule has 1 fully saturated rings. The minimum Gasteiger partial charge on any atom is -0.336 e. The molecule has 2 rings (SSSR count). The van der Waals surface area contributed by atoms with Crippen LogP contribution < -0.4 is 5.32 Å². The van der Waals surface area contributed by atoms with Crippen molar-refractivity contribution in [1.29, 1.82) is 0 Å². The Bertz CT molecular complexity index is 403. The van der Waals surface area contributed by atoms with Gasteiger partial charge in [-0.15, -0.1) is 0 Å². The summed E-state index contributed by atoms with van der Waals surface area (Å²) in [7, 11) is 0. The largest absolute Gasteiger partial charge is 0.336 e. The zero-order valence-electron chi connectivity index (χ0n) is 10.6. The molecule has 0 saturated carbocycles. The van der Waals surface area contributed by atoms with Gasteiger partial charge in [0.25, 0.3) is 5.91 Å². The maximum absolute atomic E-state index is 12.4. The van der Waals surface area contributed by atoms with Crippen LogP contribution in [0.15, 0.2) is 24.3 Å². The van der Waals surface area contributed by atoms with E-state index in [-0.39, 0.29) is 5.91 Å². The van der Waals surface area contributed by atoms with E-state index in [1.165, 1.54) is 0 Å². The van der Waals surface area contributed by atoms with Crippen LogP contribution in [-0.4, -0.2) is 36.5 Å². The van der Waals surface area contributed by atoms with Gasteiger partial charge < -0.3 is 10.2 Å². The van der Waals surface area contributed by atoms with Crippen molar-refractivity contribution in [2.24, 2.45) is 0 Å². The molecule has 1 amide bonds. The molecular weight excluding hydrogens is 212 g/mol. The Morgan fingerprint density at radius 1 is 1.47 bits per heavy atom. The average molecular weight is 232 g/mol. The number of carbonyl (C=O) groups excluding carboxylic acids is 1. The highest BCUT2D eigenvalue weighted by Gasteiger charge is 2.22. The first-order valence-electron chi connectivity index (χ1n) is 6.33. The van der Waals surface area contributed by atoms with E-state index in [1.54, 1.807) is 0 Å². The van der Waals surface area contributed by atoms with Gasteiger partial charge in [-0.3, -0.25) is 4.79 Å². The van der Waals surface area contributed by atoms with Crippen LogP contribution in [0.2, 0.25) is 0 Å². The van der Waals surface area contributed by atoms with Crippen LogP contribution in [0, 0.1) is 0 Å². The van der Waals surface area contributed by atoms with E-state index >= 15 is 0 Å². The quantitative estimate of drug-likeness (QED) is 0.841. The fourth-order valence-corrected chi connectivity index (χ4v) is 2.32. The third-order valence-corrected chi connectivity index (χ3v) is 3.28. The number of hydrogen-bond donors (Lipinski definition) is 1. The van der Waals surface area contributed by atoms with Crippen molar-refractivity contribution in [1.82, 2.24) is 10.2 Å². The Morgan fingerprint density at radius 2 is 2.24 bits per heavy atom. The molecule has 1 atom stereocenters. The summed E-state index contributed by atoms with van der Waals surface area (Å²) in [6.45, 7) is 6.71. The summed E-state index contributed by atoms with van der Waals surface area (Å²) in [5.74, 6) is 0.177. The Kier molecular flexibility index (Phi) is 3.79. The molecule has 1 aliphatic heterocycles. The minimum absolute atomic E-state index is 0.177. The van der Waals surface area contributed by atoms with Crippen molar-refractivity contribution in [3.8, 4) is 0 Å². The number of piperazine rings is 1. The second kappa shape index (κ2) is 5.32. The first-order chi connectivity index (χ1) is 8.22. The van der Waals surface area contributed by atoms with E-state index in [1.807, 2.05) is 29.2 Å². The van der Waals surface area contributed by atoms with Crippen molar-refractivity contribution < 1.29 is 4.79 Å². The number of aryl methyl sites for hydroxylation is 1. The lowest BCUT2D eigenvalue weighted by Gasteiger charge is -2.32. The molecular formula is C14H20N2O. The van der Waals surface area contributed by atoms with E-state index in [0.29, 0.717) is 6.04 Å². The van der Waals surface area contributed by atoms with Crippen molar-refractivity contribution in [2.75, 3.05) is 19.6 Å². The molecule has 0 bridgehead atoms. The van der Waals surface area contributed by atoms with Crippen molar-refractivity contribution >= 4 is 5.91 Å². The molecule has 0 radical (unpaired) electrons. The molecule has 1 aliphatic rings. The van der Waals surface area contributed by atoms with Crippen LogP contribution in [0.3, 0.4) is 0 Å². The zero-order chi connectivity index (χ0) is 12.3. The monoisotopic (exact) mass is 232 g/mol. The maximum atomic E-state index is 12.4. The molecule has 3 nitrogen and oxygen atoms in total. The van der Waals surface area contributed by atoms with Crippen LogP contribution in [0.5, 0.6) is 0 Å². The normalized spacial score (nSPS) is 20.4. The number of rotatable bonds is 2. The highest BCUT2D eigenvalue weighted by molar-refractivity contribution is 5.95. The van der Waals surface area contributed by atoms with Gasteiger partial charge in [0.1, 0.15) is 0 Å².